The Hall–Kier alpha value is -0.900. The number of rotatable bonds is 6. The van der Waals surface area contributed by atoms with Gasteiger partial charge in [-0.1, -0.05) is 45.0 Å². The van der Waals surface area contributed by atoms with E-state index in [4.69, 9.17) is 4.74 Å². The Morgan fingerprint density at radius 3 is 2.48 bits per heavy atom. The number of hydrogen-bond donors (Lipinski definition) is 1. The highest BCUT2D eigenvalue weighted by Gasteiger charge is 2.19. The first-order valence-corrected chi connectivity index (χ1v) is 8.27. The molecule has 0 bridgehead atoms. The van der Waals surface area contributed by atoms with Crippen molar-refractivity contribution in [1.82, 2.24) is 10.2 Å². The molecular weight excluding hydrogens is 260 g/mol. The summed E-state index contributed by atoms with van der Waals surface area (Å²) in [5.41, 5.74) is 2.75. The number of benzene rings is 1. The van der Waals surface area contributed by atoms with Crippen molar-refractivity contribution < 1.29 is 4.74 Å². The lowest BCUT2D eigenvalue weighted by Crippen LogP contribution is -2.46. The second-order valence-electron chi connectivity index (χ2n) is 6.34. The number of morpholine rings is 1. The molecule has 1 aliphatic rings. The number of hydrogen-bond acceptors (Lipinski definition) is 3. The zero-order valence-electron chi connectivity index (χ0n) is 13.9. The molecule has 3 nitrogen and oxygen atoms in total. The molecule has 1 aromatic carbocycles. The molecule has 0 saturated carbocycles. The van der Waals surface area contributed by atoms with Gasteiger partial charge in [-0.25, -0.2) is 0 Å². The predicted molar refractivity (Wildman–Crippen MR) is 88.8 cm³/mol. The predicted octanol–water partition coefficient (Wildman–Crippen LogP) is 3.18. The van der Waals surface area contributed by atoms with Crippen molar-refractivity contribution in [2.24, 2.45) is 0 Å². The Bertz CT molecular complexity index is 416. The Labute approximate surface area is 129 Å². The zero-order chi connectivity index (χ0) is 15.2. The van der Waals surface area contributed by atoms with E-state index >= 15 is 0 Å². The summed E-state index contributed by atoms with van der Waals surface area (Å²) in [6.07, 6.45) is 0.316. The van der Waals surface area contributed by atoms with Crippen molar-refractivity contribution in [1.29, 1.82) is 0 Å². The summed E-state index contributed by atoms with van der Waals surface area (Å²) in [5.74, 6) is 0.595. The Balaban J connectivity index is 1.82. The fraction of sp³-hybridized carbons (Fsp3) is 0.667. The van der Waals surface area contributed by atoms with Gasteiger partial charge in [0, 0.05) is 25.7 Å². The van der Waals surface area contributed by atoms with Crippen LogP contribution in [0.1, 0.15) is 50.8 Å². The molecule has 2 atom stereocenters. The molecule has 1 aliphatic heterocycles. The Kier molecular flexibility index (Phi) is 6.22. The van der Waals surface area contributed by atoms with Gasteiger partial charge in [-0.3, -0.25) is 4.90 Å². The maximum Gasteiger partial charge on any atom is 0.0826 e. The lowest BCUT2D eigenvalue weighted by Gasteiger charge is -2.32. The molecule has 3 heteroatoms. The minimum Gasteiger partial charge on any atom is -0.374 e. The standard InChI is InChI=1S/C18H30N2O/c1-5-20-10-11-21-18(13-20)12-19-15(4)17-8-6-16(7-9-17)14(2)3/h6-9,14-15,18-19H,5,10-13H2,1-4H3. The molecule has 1 heterocycles. The number of nitrogens with one attached hydrogen (secondary N) is 1. The van der Waals surface area contributed by atoms with Crippen LogP contribution in [0.15, 0.2) is 24.3 Å². The quantitative estimate of drug-likeness (QED) is 0.871. The molecule has 1 fully saturated rings. The lowest BCUT2D eigenvalue weighted by atomic mass is 9.99. The third kappa shape index (κ3) is 4.80. The molecule has 0 spiro atoms. The van der Waals surface area contributed by atoms with E-state index in [0.717, 1.165) is 32.8 Å². The molecule has 1 saturated heterocycles. The summed E-state index contributed by atoms with van der Waals surface area (Å²) in [5, 5.41) is 3.61. The highest BCUT2D eigenvalue weighted by Crippen LogP contribution is 2.18. The van der Waals surface area contributed by atoms with Crippen LogP contribution in [-0.4, -0.2) is 43.8 Å². The van der Waals surface area contributed by atoms with E-state index in [1.165, 1.54) is 11.1 Å². The van der Waals surface area contributed by atoms with Crippen molar-refractivity contribution in [3.05, 3.63) is 35.4 Å². The van der Waals surface area contributed by atoms with Gasteiger partial charge < -0.3 is 10.1 Å². The van der Waals surface area contributed by atoms with Crippen LogP contribution in [0.2, 0.25) is 0 Å². The summed E-state index contributed by atoms with van der Waals surface area (Å²) >= 11 is 0. The molecular formula is C18H30N2O. The summed E-state index contributed by atoms with van der Waals surface area (Å²) in [4.78, 5) is 2.46. The van der Waals surface area contributed by atoms with E-state index in [2.05, 4.69) is 62.2 Å². The van der Waals surface area contributed by atoms with Gasteiger partial charge >= 0.3 is 0 Å². The third-order valence-corrected chi connectivity index (χ3v) is 4.42. The van der Waals surface area contributed by atoms with Gasteiger partial charge in [0.1, 0.15) is 0 Å². The summed E-state index contributed by atoms with van der Waals surface area (Å²) < 4.78 is 5.84. The van der Waals surface area contributed by atoms with E-state index < -0.39 is 0 Å². The third-order valence-electron chi connectivity index (χ3n) is 4.42. The Morgan fingerprint density at radius 1 is 1.19 bits per heavy atom. The highest BCUT2D eigenvalue weighted by atomic mass is 16.5. The monoisotopic (exact) mass is 290 g/mol. The van der Waals surface area contributed by atoms with Crippen LogP contribution in [0.5, 0.6) is 0 Å². The van der Waals surface area contributed by atoms with Gasteiger partial charge in [-0.2, -0.15) is 0 Å². The average Bonchev–Trinajstić information content (AvgIpc) is 2.53. The van der Waals surface area contributed by atoms with Crippen LogP contribution in [-0.2, 0) is 4.74 Å². The van der Waals surface area contributed by atoms with Crippen LogP contribution >= 0.6 is 0 Å². The molecule has 0 aromatic heterocycles. The number of ether oxygens (including phenoxy) is 1. The molecule has 21 heavy (non-hydrogen) atoms. The minimum absolute atomic E-state index is 0.316. The molecule has 0 radical (unpaired) electrons. The first-order chi connectivity index (χ1) is 10.1. The second kappa shape index (κ2) is 7.92. The molecule has 0 aliphatic carbocycles. The molecule has 1 N–H and O–H groups in total. The van der Waals surface area contributed by atoms with Crippen LogP contribution in [0.3, 0.4) is 0 Å². The topological polar surface area (TPSA) is 24.5 Å². The van der Waals surface area contributed by atoms with Gasteiger partial charge in [-0.05, 0) is 30.5 Å². The van der Waals surface area contributed by atoms with Gasteiger partial charge in [0.15, 0.2) is 0 Å². The van der Waals surface area contributed by atoms with Crippen molar-refractivity contribution >= 4 is 0 Å². The van der Waals surface area contributed by atoms with Crippen LogP contribution < -0.4 is 5.32 Å². The average molecular weight is 290 g/mol. The van der Waals surface area contributed by atoms with Gasteiger partial charge in [-0.15, -0.1) is 0 Å². The smallest absolute Gasteiger partial charge is 0.0826 e. The molecule has 118 valence electrons. The van der Waals surface area contributed by atoms with Gasteiger partial charge in [0.05, 0.1) is 12.7 Å². The van der Waals surface area contributed by atoms with Crippen LogP contribution in [0, 0.1) is 0 Å². The molecule has 2 unspecified atom stereocenters. The van der Waals surface area contributed by atoms with Crippen molar-refractivity contribution in [3.8, 4) is 0 Å². The van der Waals surface area contributed by atoms with Crippen LogP contribution in [0.4, 0.5) is 0 Å². The molecule has 0 amide bonds. The molecule has 2 rings (SSSR count). The maximum atomic E-state index is 5.84. The fourth-order valence-electron chi connectivity index (χ4n) is 2.79. The second-order valence-corrected chi connectivity index (χ2v) is 6.34. The van der Waals surface area contributed by atoms with Crippen LogP contribution in [0.25, 0.3) is 0 Å². The van der Waals surface area contributed by atoms with Crippen molar-refractivity contribution in [2.75, 3.05) is 32.8 Å². The first kappa shape index (κ1) is 16.5. The van der Waals surface area contributed by atoms with E-state index in [1.807, 2.05) is 0 Å². The zero-order valence-corrected chi connectivity index (χ0v) is 13.9. The van der Waals surface area contributed by atoms with Gasteiger partial charge in [0.25, 0.3) is 0 Å². The largest absolute Gasteiger partial charge is 0.374 e. The van der Waals surface area contributed by atoms with E-state index in [0.29, 0.717) is 18.1 Å². The number of likely N-dealkylation sites (N-methyl/N-ethyl adjacent to an activating group) is 1. The maximum absolute atomic E-state index is 5.84. The van der Waals surface area contributed by atoms with Gasteiger partial charge in [0.2, 0.25) is 0 Å². The Morgan fingerprint density at radius 2 is 1.86 bits per heavy atom. The summed E-state index contributed by atoms with van der Waals surface area (Å²) in [7, 11) is 0. The van der Waals surface area contributed by atoms with Crippen molar-refractivity contribution in [2.45, 2.75) is 45.8 Å². The highest BCUT2D eigenvalue weighted by molar-refractivity contribution is 5.26. The fourth-order valence-corrected chi connectivity index (χ4v) is 2.79. The van der Waals surface area contributed by atoms with E-state index in [9.17, 15) is 0 Å². The van der Waals surface area contributed by atoms with E-state index in [-0.39, 0.29) is 0 Å². The molecule has 1 aromatic rings. The number of nitrogens with zero attached hydrogens (tertiary/aromatic N) is 1. The first-order valence-electron chi connectivity index (χ1n) is 8.27. The normalized spacial score (nSPS) is 21.7. The summed E-state index contributed by atoms with van der Waals surface area (Å²) in [6.45, 7) is 13.9. The lowest BCUT2D eigenvalue weighted by molar-refractivity contribution is -0.0262. The van der Waals surface area contributed by atoms with E-state index in [1.54, 1.807) is 0 Å². The van der Waals surface area contributed by atoms with Crippen molar-refractivity contribution in [3.63, 3.8) is 0 Å². The summed E-state index contributed by atoms with van der Waals surface area (Å²) in [6, 6.07) is 9.34. The SMILES string of the molecule is CCN1CCOC(CNC(C)c2ccc(C(C)C)cc2)C1. The minimum atomic E-state index is 0.316.